The van der Waals surface area contributed by atoms with Crippen LogP contribution >= 0.6 is 11.6 Å². The second-order valence-corrected chi connectivity index (χ2v) is 4.09. The molecule has 0 spiro atoms. The third kappa shape index (κ3) is 3.01. The maximum atomic E-state index is 5.85. The molecule has 2 rings (SSSR count). The van der Waals surface area contributed by atoms with Crippen molar-refractivity contribution >= 4 is 11.6 Å². The van der Waals surface area contributed by atoms with Crippen molar-refractivity contribution < 1.29 is 0 Å². The van der Waals surface area contributed by atoms with Crippen LogP contribution in [0.25, 0.3) is 5.82 Å². The van der Waals surface area contributed by atoms with E-state index < -0.39 is 0 Å². The molecular formula is C11H14ClN5. The molecule has 0 saturated carbocycles. The average Bonchev–Trinajstić information content (AvgIpc) is 2.77. The van der Waals surface area contributed by atoms with E-state index in [-0.39, 0.29) is 0 Å². The first kappa shape index (κ1) is 12.0. The molecule has 0 radical (unpaired) electrons. The summed E-state index contributed by atoms with van der Waals surface area (Å²) in [5.74, 6) is 0.760. The maximum Gasteiger partial charge on any atom is 0.161 e. The van der Waals surface area contributed by atoms with Crippen molar-refractivity contribution in [3.8, 4) is 5.82 Å². The largest absolute Gasteiger partial charge is 0.312 e. The predicted molar refractivity (Wildman–Crippen MR) is 66.2 cm³/mol. The van der Waals surface area contributed by atoms with Crippen LogP contribution < -0.4 is 5.32 Å². The minimum atomic E-state index is 0.594. The lowest BCUT2D eigenvalue weighted by atomic mass is 10.3. The van der Waals surface area contributed by atoms with E-state index in [4.69, 9.17) is 11.6 Å². The molecule has 1 N–H and O–H groups in total. The summed E-state index contributed by atoms with van der Waals surface area (Å²) in [5, 5.41) is 8.05. The zero-order chi connectivity index (χ0) is 12.1. The van der Waals surface area contributed by atoms with E-state index in [0.717, 1.165) is 30.9 Å². The van der Waals surface area contributed by atoms with Crippen molar-refractivity contribution in [3.05, 3.63) is 35.5 Å². The third-order valence-corrected chi connectivity index (χ3v) is 2.47. The van der Waals surface area contributed by atoms with E-state index in [1.165, 1.54) is 6.33 Å². The van der Waals surface area contributed by atoms with E-state index >= 15 is 0 Å². The molecule has 6 heteroatoms. The topological polar surface area (TPSA) is 55.6 Å². The smallest absolute Gasteiger partial charge is 0.161 e. The molecule has 0 bridgehead atoms. The Bertz CT molecular complexity index is 482. The zero-order valence-electron chi connectivity index (χ0n) is 9.60. The maximum absolute atomic E-state index is 5.85. The van der Waals surface area contributed by atoms with Crippen LogP contribution in [0.4, 0.5) is 0 Å². The average molecular weight is 252 g/mol. The van der Waals surface area contributed by atoms with Crippen LogP contribution in [-0.2, 0) is 6.54 Å². The van der Waals surface area contributed by atoms with Crippen molar-refractivity contribution in [2.45, 2.75) is 19.9 Å². The molecule has 2 aromatic heterocycles. The summed E-state index contributed by atoms with van der Waals surface area (Å²) in [6.45, 7) is 3.82. The van der Waals surface area contributed by atoms with Gasteiger partial charge < -0.3 is 5.32 Å². The fourth-order valence-corrected chi connectivity index (χ4v) is 1.64. The van der Waals surface area contributed by atoms with Gasteiger partial charge >= 0.3 is 0 Å². The quantitative estimate of drug-likeness (QED) is 0.824. The van der Waals surface area contributed by atoms with Crippen LogP contribution in [0.2, 0.25) is 5.02 Å². The van der Waals surface area contributed by atoms with Gasteiger partial charge in [0.15, 0.2) is 5.82 Å². The molecule has 0 fully saturated rings. The van der Waals surface area contributed by atoms with Crippen LogP contribution in [0.5, 0.6) is 0 Å². The lowest BCUT2D eigenvalue weighted by Gasteiger charge is -2.08. The molecule has 0 saturated heterocycles. The first-order valence-electron chi connectivity index (χ1n) is 5.51. The Morgan fingerprint density at radius 1 is 1.41 bits per heavy atom. The molecule has 2 aromatic rings. The SMILES string of the molecule is CCCNCc1cncnc1-n1cc(Cl)cn1. The van der Waals surface area contributed by atoms with Crippen LogP contribution in [0, 0.1) is 0 Å². The van der Waals surface area contributed by atoms with E-state index in [1.54, 1.807) is 23.3 Å². The monoisotopic (exact) mass is 251 g/mol. The number of aromatic nitrogens is 4. The van der Waals surface area contributed by atoms with Gasteiger partial charge in [-0.25, -0.2) is 14.6 Å². The summed E-state index contributed by atoms with van der Waals surface area (Å²) in [5.41, 5.74) is 1.00. The van der Waals surface area contributed by atoms with Gasteiger partial charge in [0.1, 0.15) is 6.33 Å². The Hall–Kier alpha value is -1.46. The Kier molecular flexibility index (Phi) is 4.06. The molecule has 0 aliphatic heterocycles. The fourth-order valence-electron chi connectivity index (χ4n) is 1.50. The molecule has 0 aromatic carbocycles. The number of hydrogen-bond donors (Lipinski definition) is 1. The summed E-state index contributed by atoms with van der Waals surface area (Å²) in [4.78, 5) is 8.26. The van der Waals surface area contributed by atoms with Crippen molar-refractivity contribution in [1.82, 2.24) is 25.1 Å². The summed E-state index contributed by atoms with van der Waals surface area (Å²) in [7, 11) is 0. The first-order chi connectivity index (χ1) is 8.31. The molecule has 0 unspecified atom stereocenters. The molecule has 17 heavy (non-hydrogen) atoms. The number of rotatable bonds is 5. The Morgan fingerprint density at radius 2 is 2.29 bits per heavy atom. The highest BCUT2D eigenvalue weighted by Crippen LogP contribution is 2.12. The van der Waals surface area contributed by atoms with Crippen LogP contribution in [0.15, 0.2) is 24.9 Å². The van der Waals surface area contributed by atoms with Gasteiger partial charge in [0, 0.05) is 18.3 Å². The van der Waals surface area contributed by atoms with Crippen molar-refractivity contribution in [3.63, 3.8) is 0 Å². The van der Waals surface area contributed by atoms with E-state index in [0.29, 0.717) is 5.02 Å². The predicted octanol–water partition coefficient (Wildman–Crippen LogP) is 1.82. The highest BCUT2D eigenvalue weighted by Gasteiger charge is 2.07. The van der Waals surface area contributed by atoms with E-state index in [9.17, 15) is 0 Å². The molecule has 5 nitrogen and oxygen atoms in total. The second-order valence-electron chi connectivity index (χ2n) is 3.65. The zero-order valence-corrected chi connectivity index (χ0v) is 10.4. The van der Waals surface area contributed by atoms with Crippen molar-refractivity contribution in [2.75, 3.05) is 6.54 Å². The van der Waals surface area contributed by atoms with Gasteiger partial charge in [-0.1, -0.05) is 18.5 Å². The van der Waals surface area contributed by atoms with Gasteiger partial charge in [-0.2, -0.15) is 5.10 Å². The summed E-state index contributed by atoms with van der Waals surface area (Å²) < 4.78 is 1.66. The standard InChI is InChI=1S/C11H14ClN5/c1-2-3-13-4-9-5-14-8-15-11(9)17-7-10(12)6-16-17/h5-8,13H,2-4H2,1H3. The van der Waals surface area contributed by atoms with Crippen LogP contribution in [0.1, 0.15) is 18.9 Å². The minimum absolute atomic E-state index is 0.594. The Morgan fingerprint density at radius 3 is 3.00 bits per heavy atom. The van der Waals surface area contributed by atoms with Crippen LogP contribution in [0.3, 0.4) is 0 Å². The van der Waals surface area contributed by atoms with E-state index in [2.05, 4.69) is 27.3 Å². The summed E-state index contributed by atoms with van der Waals surface area (Å²) in [6.07, 6.45) is 7.71. The van der Waals surface area contributed by atoms with Gasteiger partial charge in [0.25, 0.3) is 0 Å². The molecule has 0 aliphatic carbocycles. The number of nitrogens with zero attached hydrogens (tertiary/aromatic N) is 4. The summed E-state index contributed by atoms with van der Waals surface area (Å²) in [6, 6.07) is 0. The highest BCUT2D eigenvalue weighted by molar-refractivity contribution is 6.30. The Labute approximate surface area is 105 Å². The van der Waals surface area contributed by atoms with Gasteiger partial charge in [-0.3, -0.25) is 0 Å². The van der Waals surface area contributed by atoms with Crippen molar-refractivity contribution in [2.24, 2.45) is 0 Å². The van der Waals surface area contributed by atoms with Gasteiger partial charge in [0.05, 0.1) is 17.4 Å². The first-order valence-corrected chi connectivity index (χ1v) is 5.89. The molecular weight excluding hydrogens is 238 g/mol. The number of hydrogen-bond acceptors (Lipinski definition) is 4. The number of halogens is 1. The summed E-state index contributed by atoms with van der Waals surface area (Å²) >= 11 is 5.85. The highest BCUT2D eigenvalue weighted by atomic mass is 35.5. The molecule has 2 heterocycles. The van der Waals surface area contributed by atoms with Crippen LogP contribution in [-0.4, -0.2) is 26.3 Å². The molecule has 0 amide bonds. The third-order valence-electron chi connectivity index (χ3n) is 2.27. The molecule has 0 aliphatic rings. The lowest BCUT2D eigenvalue weighted by Crippen LogP contribution is -2.16. The van der Waals surface area contributed by atoms with Gasteiger partial charge in [-0.05, 0) is 13.0 Å². The molecule has 0 atom stereocenters. The fraction of sp³-hybridized carbons (Fsp3) is 0.364. The van der Waals surface area contributed by atoms with Gasteiger partial charge in [0.2, 0.25) is 0 Å². The lowest BCUT2D eigenvalue weighted by molar-refractivity contribution is 0.664. The minimum Gasteiger partial charge on any atom is -0.312 e. The van der Waals surface area contributed by atoms with Gasteiger partial charge in [-0.15, -0.1) is 0 Å². The van der Waals surface area contributed by atoms with E-state index in [1.807, 2.05) is 0 Å². The second kappa shape index (κ2) is 5.75. The van der Waals surface area contributed by atoms with Crippen molar-refractivity contribution in [1.29, 1.82) is 0 Å². The molecule has 90 valence electrons. The normalized spacial score (nSPS) is 10.7. The number of nitrogens with one attached hydrogen (secondary N) is 1. The Balaban J connectivity index is 2.21.